The molecule has 0 spiro atoms. The summed E-state index contributed by atoms with van der Waals surface area (Å²) in [6.45, 7) is 6.18. The van der Waals surface area contributed by atoms with E-state index in [0.29, 0.717) is 22.1 Å². The minimum absolute atomic E-state index is 0.131. The van der Waals surface area contributed by atoms with Crippen LogP contribution in [0.15, 0.2) is 18.2 Å². The van der Waals surface area contributed by atoms with Gasteiger partial charge in [0.2, 0.25) is 0 Å². The van der Waals surface area contributed by atoms with Crippen molar-refractivity contribution >= 4 is 17.4 Å². The minimum Gasteiger partial charge on any atom is -0.383 e. The summed E-state index contributed by atoms with van der Waals surface area (Å²) >= 11 is 6.07. The monoisotopic (exact) mass is 281 g/mol. The molecule has 0 saturated heterocycles. The molecule has 0 aliphatic heterocycles. The molecule has 5 heteroatoms. The van der Waals surface area contributed by atoms with Crippen molar-refractivity contribution in [1.82, 2.24) is 9.55 Å². The summed E-state index contributed by atoms with van der Waals surface area (Å²) in [5.41, 5.74) is 7.20. The van der Waals surface area contributed by atoms with Crippen LogP contribution >= 0.6 is 11.6 Å². The molecule has 19 heavy (non-hydrogen) atoms. The number of hydrogen-bond acceptors (Lipinski definition) is 2. The minimum atomic E-state index is -0.376. The average Bonchev–Trinajstić information content (AvgIpc) is 2.56. The number of nitrogens with two attached hydrogens (primary N) is 1. The Morgan fingerprint density at radius 1 is 1.32 bits per heavy atom. The molecule has 2 aromatic rings. The lowest BCUT2D eigenvalue weighted by molar-refractivity contribution is 0.524. The fraction of sp³-hybridized carbons (Fsp3) is 0.357. The number of rotatable bonds is 1. The molecule has 0 unspecified atom stereocenters. The van der Waals surface area contributed by atoms with Gasteiger partial charge in [-0.15, -0.1) is 0 Å². The maximum Gasteiger partial charge on any atom is 0.131 e. The highest BCUT2D eigenvalue weighted by Gasteiger charge is 2.24. The number of imidazole rings is 1. The van der Waals surface area contributed by atoms with E-state index in [1.54, 1.807) is 6.07 Å². The van der Waals surface area contributed by atoms with Crippen LogP contribution in [0.4, 0.5) is 10.2 Å². The van der Waals surface area contributed by atoms with Gasteiger partial charge in [0.1, 0.15) is 23.2 Å². The molecule has 3 nitrogen and oxygen atoms in total. The van der Waals surface area contributed by atoms with Crippen molar-refractivity contribution in [2.75, 3.05) is 5.73 Å². The van der Waals surface area contributed by atoms with Gasteiger partial charge in [0.15, 0.2) is 0 Å². The molecule has 0 aliphatic carbocycles. The van der Waals surface area contributed by atoms with Gasteiger partial charge in [-0.2, -0.15) is 0 Å². The van der Waals surface area contributed by atoms with Crippen LogP contribution in [-0.2, 0) is 12.5 Å². The van der Waals surface area contributed by atoms with Crippen molar-refractivity contribution in [3.63, 3.8) is 0 Å². The third-order valence-corrected chi connectivity index (χ3v) is 3.31. The summed E-state index contributed by atoms with van der Waals surface area (Å²) in [6, 6.07) is 4.22. The molecule has 1 aromatic heterocycles. The molecule has 0 aliphatic rings. The lowest BCUT2D eigenvalue weighted by Gasteiger charge is -2.17. The Kier molecular flexibility index (Phi) is 3.31. The van der Waals surface area contributed by atoms with Gasteiger partial charge in [0, 0.05) is 18.0 Å². The molecule has 0 amide bonds. The highest BCUT2D eigenvalue weighted by Crippen LogP contribution is 2.34. The first-order valence-corrected chi connectivity index (χ1v) is 6.37. The van der Waals surface area contributed by atoms with Gasteiger partial charge < -0.3 is 10.3 Å². The molecule has 0 saturated carbocycles. The van der Waals surface area contributed by atoms with Gasteiger partial charge >= 0.3 is 0 Å². The summed E-state index contributed by atoms with van der Waals surface area (Å²) in [4.78, 5) is 4.57. The Morgan fingerprint density at radius 3 is 2.42 bits per heavy atom. The molecule has 0 atom stereocenters. The van der Waals surface area contributed by atoms with Crippen molar-refractivity contribution in [2.45, 2.75) is 26.2 Å². The first-order chi connectivity index (χ1) is 8.71. The van der Waals surface area contributed by atoms with E-state index in [4.69, 9.17) is 17.3 Å². The topological polar surface area (TPSA) is 43.8 Å². The molecule has 2 N–H and O–H groups in total. The lowest BCUT2D eigenvalue weighted by atomic mass is 9.96. The molecule has 1 heterocycles. The van der Waals surface area contributed by atoms with Crippen molar-refractivity contribution in [1.29, 1.82) is 0 Å². The molecule has 0 radical (unpaired) electrons. The summed E-state index contributed by atoms with van der Waals surface area (Å²) < 4.78 is 14.9. The maximum absolute atomic E-state index is 13.1. The van der Waals surface area contributed by atoms with Crippen LogP contribution in [0.2, 0.25) is 5.02 Å². The Labute approximate surface area is 117 Å². The fourth-order valence-corrected chi connectivity index (χ4v) is 2.32. The van der Waals surface area contributed by atoms with Crippen LogP contribution in [0, 0.1) is 5.82 Å². The lowest BCUT2D eigenvalue weighted by Crippen LogP contribution is -2.17. The standard InChI is InChI=1S/C14H17ClFN3/c1-14(2,3)13-18-11(12(17)19(13)4)9-6-5-8(16)7-10(9)15/h5-7H,17H2,1-4H3. The number of nitrogens with zero attached hydrogens (tertiary/aromatic N) is 2. The number of aromatic nitrogens is 2. The molecular weight excluding hydrogens is 265 g/mol. The van der Waals surface area contributed by atoms with E-state index in [-0.39, 0.29) is 11.2 Å². The number of hydrogen-bond donors (Lipinski definition) is 1. The normalized spacial score (nSPS) is 11.9. The Morgan fingerprint density at radius 2 is 1.95 bits per heavy atom. The van der Waals surface area contributed by atoms with Crippen molar-refractivity contribution < 1.29 is 4.39 Å². The number of anilines is 1. The third kappa shape index (κ3) is 2.45. The fourth-order valence-electron chi connectivity index (χ4n) is 2.06. The predicted octanol–water partition coefficient (Wildman–Crippen LogP) is 3.76. The Balaban J connectivity index is 2.64. The quantitative estimate of drug-likeness (QED) is 0.865. The van der Waals surface area contributed by atoms with Gasteiger partial charge in [-0.1, -0.05) is 32.4 Å². The molecule has 0 bridgehead atoms. The summed E-state index contributed by atoms with van der Waals surface area (Å²) in [6.07, 6.45) is 0. The van der Waals surface area contributed by atoms with Gasteiger partial charge in [-0.05, 0) is 18.2 Å². The van der Waals surface area contributed by atoms with Crippen LogP contribution in [-0.4, -0.2) is 9.55 Å². The third-order valence-electron chi connectivity index (χ3n) is 3.00. The van der Waals surface area contributed by atoms with Crippen molar-refractivity contribution in [3.8, 4) is 11.3 Å². The van der Waals surface area contributed by atoms with Crippen LogP contribution < -0.4 is 5.73 Å². The van der Waals surface area contributed by atoms with E-state index < -0.39 is 0 Å². The zero-order valence-electron chi connectivity index (χ0n) is 11.5. The summed E-state index contributed by atoms with van der Waals surface area (Å²) in [5.74, 6) is 1.01. The second-order valence-corrected chi connectivity index (χ2v) is 6.01. The Hall–Kier alpha value is -1.55. The molecule has 2 rings (SSSR count). The van der Waals surface area contributed by atoms with Crippen LogP contribution in [0.1, 0.15) is 26.6 Å². The van der Waals surface area contributed by atoms with Crippen LogP contribution in [0.25, 0.3) is 11.3 Å². The van der Waals surface area contributed by atoms with Crippen molar-refractivity contribution in [2.24, 2.45) is 7.05 Å². The zero-order chi connectivity index (χ0) is 14.4. The summed E-state index contributed by atoms with van der Waals surface area (Å²) in [7, 11) is 1.86. The number of benzene rings is 1. The second-order valence-electron chi connectivity index (χ2n) is 5.60. The highest BCUT2D eigenvalue weighted by atomic mass is 35.5. The van der Waals surface area contributed by atoms with E-state index in [1.807, 2.05) is 11.6 Å². The van der Waals surface area contributed by atoms with E-state index in [1.165, 1.54) is 12.1 Å². The zero-order valence-corrected chi connectivity index (χ0v) is 12.2. The average molecular weight is 282 g/mol. The second kappa shape index (κ2) is 4.53. The van der Waals surface area contributed by atoms with Crippen LogP contribution in [0.5, 0.6) is 0 Å². The first-order valence-electron chi connectivity index (χ1n) is 6.00. The molecule has 1 aromatic carbocycles. The van der Waals surface area contributed by atoms with E-state index in [0.717, 1.165) is 5.82 Å². The molecule has 102 valence electrons. The van der Waals surface area contributed by atoms with E-state index >= 15 is 0 Å². The smallest absolute Gasteiger partial charge is 0.131 e. The molecule has 0 fully saturated rings. The number of nitrogen functional groups attached to an aromatic ring is 1. The summed E-state index contributed by atoms with van der Waals surface area (Å²) in [5, 5.41) is 0.310. The van der Waals surface area contributed by atoms with Gasteiger partial charge in [-0.3, -0.25) is 0 Å². The van der Waals surface area contributed by atoms with E-state index in [2.05, 4.69) is 25.8 Å². The number of halogens is 2. The first kappa shape index (κ1) is 13.9. The van der Waals surface area contributed by atoms with Gasteiger partial charge in [-0.25, -0.2) is 9.37 Å². The SMILES string of the molecule is Cn1c(C(C)(C)C)nc(-c2ccc(F)cc2Cl)c1N. The van der Waals surface area contributed by atoms with Gasteiger partial charge in [0.05, 0.1) is 5.02 Å². The van der Waals surface area contributed by atoms with Gasteiger partial charge in [0.25, 0.3) is 0 Å². The molecular formula is C14H17ClFN3. The highest BCUT2D eigenvalue weighted by molar-refractivity contribution is 6.33. The van der Waals surface area contributed by atoms with Crippen LogP contribution in [0.3, 0.4) is 0 Å². The van der Waals surface area contributed by atoms with Crippen molar-refractivity contribution in [3.05, 3.63) is 34.9 Å². The predicted molar refractivity (Wildman–Crippen MR) is 76.7 cm³/mol. The van der Waals surface area contributed by atoms with E-state index in [9.17, 15) is 4.39 Å². The maximum atomic E-state index is 13.1. The largest absolute Gasteiger partial charge is 0.383 e. The Bertz CT molecular complexity index is 626.